The van der Waals surface area contributed by atoms with Gasteiger partial charge in [0, 0.05) is 18.2 Å². The van der Waals surface area contributed by atoms with Crippen molar-refractivity contribution in [2.75, 3.05) is 0 Å². The monoisotopic (exact) mass is 274 g/mol. The summed E-state index contributed by atoms with van der Waals surface area (Å²) in [7, 11) is 0. The van der Waals surface area contributed by atoms with E-state index < -0.39 is 5.69 Å². The number of hydrogen-bond acceptors (Lipinski definition) is 3. The summed E-state index contributed by atoms with van der Waals surface area (Å²) in [6.07, 6.45) is 2.98. The Labute approximate surface area is 116 Å². The van der Waals surface area contributed by atoms with Crippen LogP contribution in [0.3, 0.4) is 0 Å². The lowest BCUT2D eigenvalue weighted by atomic mass is 10.1. The summed E-state index contributed by atoms with van der Waals surface area (Å²) >= 11 is 0. The third-order valence-corrected chi connectivity index (χ3v) is 3.10. The quantitative estimate of drug-likeness (QED) is 0.873. The van der Waals surface area contributed by atoms with Crippen molar-refractivity contribution in [2.24, 2.45) is 0 Å². The summed E-state index contributed by atoms with van der Waals surface area (Å²) in [4.78, 5) is 27.3. The Balaban J connectivity index is 2.19. The van der Waals surface area contributed by atoms with Crippen LogP contribution in [-0.4, -0.2) is 16.1 Å². The lowest BCUT2D eigenvalue weighted by Crippen LogP contribution is -2.24. The molecule has 2 aromatic rings. The molecule has 0 bridgehead atoms. The molecule has 2 rings (SSSR count). The highest BCUT2D eigenvalue weighted by atomic mass is 16.5. The number of aromatic amines is 2. The lowest BCUT2D eigenvalue weighted by molar-refractivity contribution is 0.217. The van der Waals surface area contributed by atoms with Crippen LogP contribution in [0.25, 0.3) is 0 Å². The van der Waals surface area contributed by atoms with Crippen LogP contribution in [0.2, 0.25) is 0 Å². The highest BCUT2D eigenvalue weighted by Gasteiger charge is 2.05. The van der Waals surface area contributed by atoms with Gasteiger partial charge in [0.25, 0.3) is 5.56 Å². The second kappa shape index (κ2) is 6.23. The Kier molecular flexibility index (Phi) is 4.40. The topological polar surface area (TPSA) is 75.0 Å². The van der Waals surface area contributed by atoms with Gasteiger partial charge < -0.3 is 9.72 Å². The van der Waals surface area contributed by atoms with Gasteiger partial charge in [0.2, 0.25) is 0 Å². The molecule has 5 heteroatoms. The van der Waals surface area contributed by atoms with Gasteiger partial charge in [0.1, 0.15) is 5.75 Å². The van der Waals surface area contributed by atoms with Crippen LogP contribution in [0, 0.1) is 0 Å². The highest BCUT2D eigenvalue weighted by Crippen LogP contribution is 2.17. The van der Waals surface area contributed by atoms with Crippen molar-refractivity contribution in [1.82, 2.24) is 9.97 Å². The van der Waals surface area contributed by atoms with Crippen LogP contribution < -0.4 is 16.0 Å². The number of aromatic nitrogens is 2. The van der Waals surface area contributed by atoms with Crippen molar-refractivity contribution >= 4 is 0 Å². The molecule has 1 unspecified atom stereocenters. The molecule has 0 aliphatic carbocycles. The Morgan fingerprint density at radius 2 is 2.10 bits per heavy atom. The van der Waals surface area contributed by atoms with Crippen molar-refractivity contribution in [1.29, 1.82) is 0 Å². The largest absolute Gasteiger partial charge is 0.491 e. The fourth-order valence-electron chi connectivity index (χ4n) is 1.83. The van der Waals surface area contributed by atoms with E-state index in [-0.39, 0.29) is 11.7 Å². The van der Waals surface area contributed by atoms with Crippen LogP contribution >= 0.6 is 0 Å². The Morgan fingerprint density at radius 3 is 2.80 bits per heavy atom. The number of benzene rings is 1. The van der Waals surface area contributed by atoms with Crippen LogP contribution in [0.5, 0.6) is 5.75 Å². The smallest absolute Gasteiger partial charge is 0.325 e. The first-order valence-corrected chi connectivity index (χ1v) is 6.65. The van der Waals surface area contributed by atoms with Gasteiger partial charge in [0.15, 0.2) is 0 Å². The number of ether oxygens (including phenoxy) is 1. The van der Waals surface area contributed by atoms with Crippen molar-refractivity contribution in [3.63, 3.8) is 0 Å². The van der Waals surface area contributed by atoms with Gasteiger partial charge >= 0.3 is 5.69 Å². The van der Waals surface area contributed by atoms with Crippen molar-refractivity contribution < 1.29 is 4.74 Å². The summed E-state index contributed by atoms with van der Waals surface area (Å²) in [5.41, 5.74) is 0.628. The first-order chi connectivity index (χ1) is 9.58. The van der Waals surface area contributed by atoms with E-state index in [2.05, 4.69) is 16.9 Å². The van der Waals surface area contributed by atoms with Crippen LogP contribution in [-0.2, 0) is 6.42 Å². The fraction of sp³-hybridized carbons (Fsp3) is 0.333. The third kappa shape index (κ3) is 3.60. The number of rotatable bonds is 5. The second-order valence-electron chi connectivity index (χ2n) is 4.76. The Morgan fingerprint density at radius 1 is 1.30 bits per heavy atom. The molecule has 0 amide bonds. The number of hydrogen-bond donors (Lipinski definition) is 2. The molecule has 1 heterocycles. The van der Waals surface area contributed by atoms with Gasteiger partial charge in [-0.2, -0.15) is 0 Å². The maximum absolute atomic E-state index is 11.6. The van der Waals surface area contributed by atoms with Gasteiger partial charge in [-0.1, -0.05) is 19.1 Å². The van der Waals surface area contributed by atoms with Crippen molar-refractivity contribution in [3.05, 3.63) is 62.4 Å². The average Bonchev–Trinajstić information content (AvgIpc) is 2.42. The zero-order valence-corrected chi connectivity index (χ0v) is 11.6. The Hall–Kier alpha value is -2.30. The molecule has 0 aliphatic rings. The van der Waals surface area contributed by atoms with Crippen LogP contribution in [0.1, 0.15) is 31.4 Å². The maximum Gasteiger partial charge on any atom is 0.325 e. The minimum absolute atomic E-state index is 0.154. The molecule has 1 atom stereocenters. The van der Waals surface area contributed by atoms with Crippen molar-refractivity contribution in [3.8, 4) is 5.75 Å². The average molecular weight is 274 g/mol. The van der Waals surface area contributed by atoms with Gasteiger partial charge in [-0.05, 0) is 31.0 Å². The standard InChI is InChI=1S/C15H18N2O3/c1-3-10(2)20-13-6-4-5-11(8-13)7-12-9-16-15(19)17-14(12)18/h4-6,8-10H,3,7H2,1-2H3,(H2,16,17,18,19). The van der Waals surface area contributed by atoms with Crippen molar-refractivity contribution in [2.45, 2.75) is 32.8 Å². The zero-order chi connectivity index (χ0) is 14.5. The molecule has 0 fully saturated rings. The number of nitrogens with one attached hydrogen (secondary N) is 2. The minimum Gasteiger partial charge on any atom is -0.491 e. The predicted molar refractivity (Wildman–Crippen MR) is 77.3 cm³/mol. The summed E-state index contributed by atoms with van der Waals surface area (Å²) < 4.78 is 5.75. The molecule has 20 heavy (non-hydrogen) atoms. The normalized spacial score (nSPS) is 12.1. The van der Waals surface area contributed by atoms with E-state index >= 15 is 0 Å². The summed E-state index contributed by atoms with van der Waals surface area (Å²) in [6, 6.07) is 7.63. The summed E-state index contributed by atoms with van der Waals surface area (Å²) in [5, 5.41) is 0. The summed E-state index contributed by atoms with van der Waals surface area (Å²) in [5.74, 6) is 0.790. The Bertz CT molecular complexity index is 688. The molecular weight excluding hydrogens is 256 g/mol. The van der Waals surface area contributed by atoms with E-state index in [4.69, 9.17) is 4.74 Å². The molecule has 0 spiro atoms. The van der Waals surface area contributed by atoms with E-state index in [0.717, 1.165) is 17.7 Å². The SMILES string of the molecule is CCC(C)Oc1cccc(Cc2c[nH]c(=O)[nH]c2=O)c1. The first-order valence-electron chi connectivity index (χ1n) is 6.65. The summed E-state index contributed by atoms with van der Waals surface area (Å²) in [6.45, 7) is 4.08. The zero-order valence-electron chi connectivity index (χ0n) is 11.6. The molecule has 1 aromatic heterocycles. The molecule has 0 radical (unpaired) electrons. The van der Waals surface area contributed by atoms with E-state index in [9.17, 15) is 9.59 Å². The second-order valence-corrected chi connectivity index (χ2v) is 4.76. The van der Waals surface area contributed by atoms with Gasteiger partial charge in [-0.3, -0.25) is 9.78 Å². The van der Waals surface area contributed by atoms with E-state index in [1.165, 1.54) is 6.20 Å². The lowest BCUT2D eigenvalue weighted by Gasteiger charge is -2.13. The molecular formula is C15H18N2O3. The van der Waals surface area contributed by atoms with E-state index in [1.807, 2.05) is 31.2 Å². The molecule has 0 saturated heterocycles. The fourth-order valence-corrected chi connectivity index (χ4v) is 1.83. The first kappa shape index (κ1) is 14.1. The predicted octanol–water partition coefficient (Wildman–Crippen LogP) is 1.83. The van der Waals surface area contributed by atoms with Gasteiger partial charge in [-0.15, -0.1) is 0 Å². The van der Waals surface area contributed by atoms with Crippen LogP contribution in [0.4, 0.5) is 0 Å². The van der Waals surface area contributed by atoms with E-state index in [1.54, 1.807) is 0 Å². The molecule has 1 aromatic carbocycles. The molecule has 0 aliphatic heterocycles. The third-order valence-electron chi connectivity index (χ3n) is 3.10. The molecule has 2 N–H and O–H groups in total. The number of H-pyrrole nitrogens is 2. The molecule has 0 saturated carbocycles. The van der Waals surface area contributed by atoms with Crippen LogP contribution in [0.15, 0.2) is 40.1 Å². The van der Waals surface area contributed by atoms with E-state index in [0.29, 0.717) is 12.0 Å². The minimum atomic E-state index is -0.493. The highest BCUT2D eigenvalue weighted by molar-refractivity contribution is 5.31. The van der Waals surface area contributed by atoms with Gasteiger partial charge in [0.05, 0.1) is 6.10 Å². The maximum atomic E-state index is 11.6. The van der Waals surface area contributed by atoms with Gasteiger partial charge in [-0.25, -0.2) is 4.79 Å². The molecule has 5 nitrogen and oxygen atoms in total. The molecule has 106 valence electrons.